The molecule has 0 aromatic heterocycles. The predicted molar refractivity (Wildman–Crippen MR) is 104 cm³/mol. The lowest BCUT2D eigenvalue weighted by Crippen LogP contribution is -2.42. The van der Waals surface area contributed by atoms with Crippen LogP contribution in [-0.4, -0.2) is 23.9 Å². The highest BCUT2D eigenvalue weighted by molar-refractivity contribution is 9.10. The van der Waals surface area contributed by atoms with Gasteiger partial charge in [-0.05, 0) is 72.1 Å². The van der Waals surface area contributed by atoms with Gasteiger partial charge in [0.25, 0.3) is 0 Å². The molecule has 2 aromatic rings. The molecule has 0 aliphatic rings. The standard InChI is InChI=1S/C20H25BrFNO3/c1-4-25-18-10-15(11-23-20(2,3)13-24)9-17(21)19(18)26-12-14-5-7-16(22)8-6-14/h5-10,23-24H,4,11-13H2,1-3H3. The number of aliphatic hydroxyl groups excluding tert-OH is 1. The van der Waals surface area contributed by atoms with E-state index in [0.717, 1.165) is 15.6 Å². The van der Waals surface area contributed by atoms with Gasteiger partial charge in [-0.3, -0.25) is 0 Å². The molecule has 0 heterocycles. The Kier molecular flexibility index (Phi) is 7.43. The maximum Gasteiger partial charge on any atom is 0.175 e. The van der Waals surface area contributed by atoms with Crippen molar-refractivity contribution in [1.29, 1.82) is 0 Å². The summed E-state index contributed by atoms with van der Waals surface area (Å²) in [5.41, 5.74) is 1.52. The van der Waals surface area contributed by atoms with E-state index in [1.807, 2.05) is 32.9 Å². The smallest absolute Gasteiger partial charge is 0.175 e. The molecule has 142 valence electrons. The summed E-state index contributed by atoms with van der Waals surface area (Å²) in [6.45, 7) is 7.25. The third-order valence-corrected chi connectivity index (χ3v) is 4.42. The molecular formula is C20H25BrFNO3. The monoisotopic (exact) mass is 425 g/mol. The van der Waals surface area contributed by atoms with Crippen LogP contribution in [0, 0.1) is 5.82 Å². The fourth-order valence-electron chi connectivity index (χ4n) is 2.26. The summed E-state index contributed by atoms with van der Waals surface area (Å²) in [6, 6.07) is 10.1. The Bertz CT molecular complexity index is 720. The molecule has 0 amide bonds. The van der Waals surface area contributed by atoms with E-state index in [4.69, 9.17) is 9.47 Å². The second kappa shape index (κ2) is 9.35. The minimum atomic E-state index is -0.365. The average Bonchev–Trinajstić information content (AvgIpc) is 2.61. The van der Waals surface area contributed by atoms with Crippen molar-refractivity contribution >= 4 is 15.9 Å². The fourth-order valence-corrected chi connectivity index (χ4v) is 2.86. The van der Waals surface area contributed by atoms with Gasteiger partial charge in [-0.15, -0.1) is 0 Å². The number of rotatable bonds is 9. The number of aliphatic hydroxyl groups is 1. The lowest BCUT2D eigenvalue weighted by atomic mass is 10.1. The van der Waals surface area contributed by atoms with Gasteiger partial charge in [0.1, 0.15) is 12.4 Å². The Labute approximate surface area is 162 Å². The van der Waals surface area contributed by atoms with Crippen molar-refractivity contribution in [2.45, 2.75) is 39.5 Å². The summed E-state index contributed by atoms with van der Waals surface area (Å²) < 4.78 is 25.4. The molecule has 0 aliphatic carbocycles. The summed E-state index contributed by atoms with van der Waals surface area (Å²) in [5.74, 6) is 0.983. The first-order valence-electron chi connectivity index (χ1n) is 8.53. The normalized spacial score (nSPS) is 11.5. The van der Waals surface area contributed by atoms with Crippen LogP contribution < -0.4 is 14.8 Å². The van der Waals surface area contributed by atoms with Crippen molar-refractivity contribution in [1.82, 2.24) is 5.32 Å². The zero-order chi connectivity index (χ0) is 19.2. The van der Waals surface area contributed by atoms with Crippen molar-refractivity contribution in [3.63, 3.8) is 0 Å². The third-order valence-electron chi connectivity index (χ3n) is 3.83. The van der Waals surface area contributed by atoms with Crippen LogP contribution in [0.15, 0.2) is 40.9 Å². The minimum Gasteiger partial charge on any atom is -0.490 e. The van der Waals surface area contributed by atoms with Gasteiger partial charge in [-0.1, -0.05) is 12.1 Å². The van der Waals surface area contributed by atoms with Gasteiger partial charge >= 0.3 is 0 Å². The minimum absolute atomic E-state index is 0.0470. The second-order valence-corrected chi connectivity index (χ2v) is 7.50. The maximum absolute atomic E-state index is 13.0. The zero-order valence-electron chi connectivity index (χ0n) is 15.3. The van der Waals surface area contributed by atoms with Crippen LogP contribution in [0.1, 0.15) is 31.9 Å². The molecule has 2 rings (SSSR count). The molecule has 0 unspecified atom stereocenters. The largest absolute Gasteiger partial charge is 0.490 e. The SMILES string of the molecule is CCOc1cc(CNC(C)(C)CO)cc(Br)c1OCc1ccc(F)cc1. The average molecular weight is 426 g/mol. The highest BCUT2D eigenvalue weighted by Crippen LogP contribution is 2.37. The van der Waals surface area contributed by atoms with E-state index in [0.29, 0.717) is 31.3 Å². The molecule has 0 saturated carbocycles. The van der Waals surface area contributed by atoms with Crippen molar-refractivity contribution in [2.75, 3.05) is 13.2 Å². The van der Waals surface area contributed by atoms with Crippen molar-refractivity contribution < 1.29 is 19.0 Å². The van der Waals surface area contributed by atoms with Crippen LogP contribution in [0.5, 0.6) is 11.5 Å². The van der Waals surface area contributed by atoms with E-state index in [1.165, 1.54) is 12.1 Å². The molecule has 2 N–H and O–H groups in total. The van der Waals surface area contributed by atoms with Crippen LogP contribution in [0.2, 0.25) is 0 Å². The van der Waals surface area contributed by atoms with Gasteiger partial charge in [0.05, 0.1) is 17.7 Å². The van der Waals surface area contributed by atoms with Crippen LogP contribution in [0.25, 0.3) is 0 Å². The molecule has 0 aliphatic heterocycles. The van der Waals surface area contributed by atoms with E-state index in [2.05, 4.69) is 21.2 Å². The first kappa shape index (κ1) is 20.7. The topological polar surface area (TPSA) is 50.7 Å². The van der Waals surface area contributed by atoms with Crippen LogP contribution in [0.3, 0.4) is 0 Å². The Morgan fingerprint density at radius 3 is 2.42 bits per heavy atom. The Morgan fingerprint density at radius 1 is 1.12 bits per heavy atom. The Hall–Kier alpha value is -1.63. The van der Waals surface area contributed by atoms with Crippen molar-refractivity contribution in [2.24, 2.45) is 0 Å². The van der Waals surface area contributed by atoms with Gasteiger partial charge in [0.2, 0.25) is 0 Å². The van der Waals surface area contributed by atoms with E-state index in [1.54, 1.807) is 12.1 Å². The van der Waals surface area contributed by atoms with Crippen LogP contribution >= 0.6 is 15.9 Å². The summed E-state index contributed by atoms with van der Waals surface area (Å²) in [4.78, 5) is 0. The molecule has 0 atom stereocenters. The van der Waals surface area contributed by atoms with E-state index in [-0.39, 0.29) is 18.0 Å². The van der Waals surface area contributed by atoms with Gasteiger partial charge in [0.15, 0.2) is 11.5 Å². The lowest BCUT2D eigenvalue weighted by molar-refractivity contribution is 0.187. The number of nitrogens with one attached hydrogen (secondary N) is 1. The Balaban J connectivity index is 2.15. The van der Waals surface area contributed by atoms with Gasteiger partial charge in [-0.25, -0.2) is 4.39 Å². The first-order valence-corrected chi connectivity index (χ1v) is 9.32. The second-order valence-electron chi connectivity index (χ2n) is 6.65. The molecule has 26 heavy (non-hydrogen) atoms. The maximum atomic E-state index is 13.0. The molecular weight excluding hydrogens is 401 g/mol. The summed E-state index contributed by atoms with van der Waals surface area (Å²) in [6.07, 6.45) is 0. The summed E-state index contributed by atoms with van der Waals surface area (Å²) in [7, 11) is 0. The van der Waals surface area contributed by atoms with E-state index >= 15 is 0 Å². The molecule has 0 radical (unpaired) electrons. The van der Waals surface area contributed by atoms with E-state index < -0.39 is 0 Å². The van der Waals surface area contributed by atoms with Crippen LogP contribution in [0.4, 0.5) is 4.39 Å². The highest BCUT2D eigenvalue weighted by atomic mass is 79.9. The van der Waals surface area contributed by atoms with Gasteiger partial charge < -0.3 is 19.9 Å². The first-order chi connectivity index (χ1) is 12.3. The molecule has 0 saturated heterocycles. The quantitative estimate of drug-likeness (QED) is 0.623. The van der Waals surface area contributed by atoms with Crippen molar-refractivity contribution in [3.8, 4) is 11.5 Å². The lowest BCUT2D eigenvalue weighted by Gasteiger charge is -2.24. The zero-order valence-corrected chi connectivity index (χ0v) is 16.9. The van der Waals surface area contributed by atoms with E-state index in [9.17, 15) is 9.50 Å². The van der Waals surface area contributed by atoms with Crippen LogP contribution in [-0.2, 0) is 13.2 Å². The summed E-state index contributed by atoms with van der Waals surface area (Å²) >= 11 is 3.55. The molecule has 6 heteroatoms. The summed E-state index contributed by atoms with van der Waals surface area (Å²) in [5, 5.41) is 12.7. The van der Waals surface area contributed by atoms with Gasteiger partial charge in [0, 0.05) is 12.1 Å². The van der Waals surface area contributed by atoms with Gasteiger partial charge in [-0.2, -0.15) is 0 Å². The number of ether oxygens (including phenoxy) is 2. The predicted octanol–water partition coefficient (Wildman–Crippen LogP) is 4.43. The number of hydrogen-bond acceptors (Lipinski definition) is 4. The molecule has 0 spiro atoms. The molecule has 0 fully saturated rings. The molecule has 4 nitrogen and oxygen atoms in total. The molecule has 2 aromatic carbocycles. The number of benzene rings is 2. The Morgan fingerprint density at radius 2 is 1.81 bits per heavy atom. The fraction of sp³-hybridized carbons (Fsp3) is 0.400. The highest BCUT2D eigenvalue weighted by Gasteiger charge is 2.17. The molecule has 0 bridgehead atoms. The number of hydrogen-bond donors (Lipinski definition) is 2. The third kappa shape index (κ3) is 5.97. The van der Waals surface area contributed by atoms with Crippen molar-refractivity contribution in [3.05, 3.63) is 57.8 Å². The number of halogens is 2.